The summed E-state index contributed by atoms with van der Waals surface area (Å²) in [5.74, 6) is -0.190. The number of hydrogen-bond donors (Lipinski definition) is 0. The minimum absolute atomic E-state index is 0.00386. The quantitative estimate of drug-likeness (QED) is 0.731. The largest absolute Gasteiger partial charge is 0.299 e. The Bertz CT molecular complexity index is 482. The van der Waals surface area contributed by atoms with E-state index in [0.29, 0.717) is 16.5 Å². The average Bonchev–Trinajstić information content (AvgIpc) is 2.27. The van der Waals surface area contributed by atoms with Crippen LogP contribution < -0.4 is 0 Å². The molecule has 4 heteroatoms. The molecule has 1 aliphatic rings. The molecule has 0 aromatic heterocycles. The monoisotopic (exact) mass is 270 g/mol. The van der Waals surface area contributed by atoms with Crippen LogP contribution >= 0.6 is 23.2 Å². The molecule has 0 saturated heterocycles. The summed E-state index contributed by atoms with van der Waals surface area (Å²) in [6.07, 6.45) is 0.476. The third kappa shape index (κ3) is 2.53. The molecule has 0 bridgehead atoms. The topological polar surface area (TPSA) is 34.1 Å². The second-order valence-electron chi connectivity index (χ2n) is 4.45. The molecule has 90 valence electrons. The van der Waals surface area contributed by atoms with Crippen LogP contribution in [0, 0.1) is 5.92 Å². The van der Waals surface area contributed by atoms with Gasteiger partial charge in [0.05, 0.1) is 16.5 Å². The number of benzene rings is 1. The van der Waals surface area contributed by atoms with Crippen molar-refractivity contribution in [3.05, 3.63) is 33.8 Å². The average molecular weight is 271 g/mol. The van der Waals surface area contributed by atoms with Gasteiger partial charge in [0.15, 0.2) is 0 Å². The van der Waals surface area contributed by atoms with Gasteiger partial charge in [-0.3, -0.25) is 9.59 Å². The highest BCUT2D eigenvalue weighted by atomic mass is 35.5. The fraction of sp³-hybridized carbons (Fsp3) is 0.385. The number of carbonyl (C=O) groups is 2. The van der Waals surface area contributed by atoms with Crippen molar-refractivity contribution >= 4 is 34.8 Å². The molecule has 0 N–H and O–H groups in total. The molecule has 1 saturated carbocycles. The number of hydrogen-bond acceptors (Lipinski definition) is 2. The Morgan fingerprint density at radius 2 is 1.88 bits per heavy atom. The molecule has 2 nitrogen and oxygen atoms in total. The van der Waals surface area contributed by atoms with Crippen LogP contribution in [0.1, 0.15) is 31.2 Å². The number of rotatable bonds is 1. The first-order chi connectivity index (χ1) is 7.99. The normalized spacial score (nSPS) is 25.1. The Balaban J connectivity index is 2.34. The van der Waals surface area contributed by atoms with Gasteiger partial charge in [-0.15, -0.1) is 0 Å². The SMILES string of the molecule is C[C@H]1C(=O)CC(=O)C[C@@H]1c1ccc(Cl)c(Cl)c1. The Hall–Kier alpha value is -0.860. The van der Waals surface area contributed by atoms with Gasteiger partial charge in [-0.2, -0.15) is 0 Å². The summed E-state index contributed by atoms with van der Waals surface area (Å²) in [5.41, 5.74) is 0.910. The van der Waals surface area contributed by atoms with Crippen LogP contribution in [0.5, 0.6) is 0 Å². The standard InChI is InChI=1S/C13H12Cl2O2/c1-7-10(5-9(16)6-13(7)17)8-2-3-11(14)12(15)4-8/h2-4,7,10H,5-6H2,1H3/t7-,10+/m1/s1. The number of ketones is 2. The zero-order valence-electron chi connectivity index (χ0n) is 9.37. The van der Waals surface area contributed by atoms with Gasteiger partial charge in [0.1, 0.15) is 11.6 Å². The smallest absolute Gasteiger partial charge is 0.143 e. The highest BCUT2D eigenvalue weighted by Gasteiger charge is 2.33. The summed E-state index contributed by atoms with van der Waals surface area (Å²) >= 11 is 11.8. The molecule has 1 aromatic rings. The van der Waals surface area contributed by atoms with E-state index in [9.17, 15) is 9.59 Å². The third-order valence-corrected chi connectivity index (χ3v) is 4.04. The minimum Gasteiger partial charge on any atom is -0.299 e. The zero-order valence-corrected chi connectivity index (χ0v) is 10.9. The molecule has 0 aliphatic heterocycles. The lowest BCUT2D eigenvalue weighted by Gasteiger charge is -2.27. The van der Waals surface area contributed by atoms with Gasteiger partial charge in [-0.1, -0.05) is 36.2 Å². The van der Waals surface area contributed by atoms with Crippen LogP contribution in [0.3, 0.4) is 0 Å². The van der Waals surface area contributed by atoms with E-state index in [4.69, 9.17) is 23.2 Å². The zero-order chi connectivity index (χ0) is 12.6. The van der Waals surface area contributed by atoms with Crippen LogP contribution in [-0.2, 0) is 9.59 Å². The highest BCUT2D eigenvalue weighted by molar-refractivity contribution is 6.42. The first kappa shape index (κ1) is 12.6. The maximum Gasteiger partial charge on any atom is 0.143 e. The van der Waals surface area contributed by atoms with Crippen molar-refractivity contribution in [2.24, 2.45) is 5.92 Å². The maximum absolute atomic E-state index is 11.7. The summed E-state index contributed by atoms with van der Waals surface area (Å²) in [6.45, 7) is 1.86. The Morgan fingerprint density at radius 1 is 1.18 bits per heavy atom. The number of halogens is 2. The molecule has 0 spiro atoms. The minimum atomic E-state index is -0.134. The molecule has 1 fully saturated rings. The summed E-state index contributed by atoms with van der Waals surface area (Å²) in [5, 5.41) is 0.943. The summed E-state index contributed by atoms with van der Waals surface area (Å²) in [6, 6.07) is 5.29. The Kier molecular flexibility index (Phi) is 3.55. The van der Waals surface area contributed by atoms with Gasteiger partial charge in [-0.05, 0) is 17.7 Å². The first-order valence-corrected chi connectivity index (χ1v) is 6.24. The Morgan fingerprint density at radius 3 is 2.53 bits per heavy atom. The van der Waals surface area contributed by atoms with Crippen molar-refractivity contribution in [3.63, 3.8) is 0 Å². The molecule has 2 rings (SSSR count). The highest BCUT2D eigenvalue weighted by Crippen LogP contribution is 2.36. The van der Waals surface area contributed by atoms with Gasteiger partial charge in [-0.25, -0.2) is 0 Å². The molecule has 0 amide bonds. The molecular weight excluding hydrogens is 259 g/mol. The van der Waals surface area contributed by atoms with Crippen molar-refractivity contribution in [3.8, 4) is 0 Å². The predicted molar refractivity (Wildman–Crippen MR) is 67.6 cm³/mol. The molecule has 17 heavy (non-hydrogen) atoms. The number of carbonyl (C=O) groups excluding carboxylic acids is 2. The lowest BCUT2D eigenvalue weighted by atomic mass is 9.75. The van der Waals surface area contributed by atoms with E-state index in [1.54, 1.807) is 12.1 Å². The fourth-order valence-electron chi connectivity index (χ4n) is 2.22. The van der Waals surface area contributed by atoms with E-state index < -0.39 is 0 Å². The van der Waals surface area contributed by atoms with Crippen molar-refractivity contribution in [2.45, 2.75) is 25.7 Å². The van der Waals surface area contributed by atoms with E-state index in [0.717, 1.165) is 5.56 Å². The van der Waals surface area contributed by atoms with Crippen LogP contribution in [0.2, 0.25) is 10.0 Å². The van der Waals surface area contributed by atoms with Crippen LogP contribution in [-0.4, -0.2) is 11.6 Å². The van der Waals surface area contributed by atoms with E-state index in [-0.39, 0.29) is 29.8 Å². The van der Waals surface area contributed by atoms with Crippen molar-refractivity contribution in [1.29, 1.82) is 0 Å². The van der Waals surface area contributed by atoms with Gasteiger partial charge >= 0.3 is 0 Å². The predicted octanol–water partition coefficient (Wildman–Crippen LogP) is 3.65. The van der Waals surface area contributed by atoms with Crippen molar-refractivity contribution < 1.29 is 9.59 Å². The van der Waals surface area contributed by atoms with E-state index in [2.05, 4.69) is 0 Å². The van der Waals surface area contributed by atoms with Crippen molar-refractivity contribution in [1.82, 2.24) is 0 Å². The van der Waals surface area contributed by atoms with Gasteiger partial charge in [0, 0.05) is 18.3 Å². The molecule has 0 unspecified atom stereocenters. The molecule has 0 heterocycles. The van der Waals surface area contributed by atoms with Crippen LogP contribution in [0.15, 0.2) is 18.2 Å². The summed E-state index contributed by atoms with van der Waals surface area (Å²) < 4.78 is 0. The second kappa shape index (κ2) is 4.79. The first-order valence-electron chi connectivity index (χ1n) is 5.48. The van der Waals surface area contributed by atoms with E-state index in [1.807, 2.05) is 13.0 Å². The molecule has 0 radical (unpaired) electrons. The molecule has 2 atom stereocenters. The van der Waals surface area contributed by atoms with Gasteiger partial charge in [0.2, 0.25) is 0 Å². The lowest BCUT2D eigenvalue weighted by Crippen LogP contribution is -2.29. The van der Waals surface area contributed by atoms with E-state index >= 15 is 0 Å². The maximum atomic E-state index is 11.7. The third-order valence-electron chi connectivity index (χ3n) is 3.30. The van der Waals surface area contributed by atoms with E-state index in [1.165, 1.54) is 0 Å². The lowest BCUT2D eigenvalue weighted by molar-refractivity contribution is -0.133. The molecular formula is C13H12Cl2O2. The fourth-order valence-corrected chi connectivity index (χ4v) is 2.53. The Labute approximate surface area is 110 Å². The number of Topliss-reactive ketones (excluding diaryl/α,β-unsaturated/α-hetero) is 2. The summed E-state index contributed by atoms with van der Waals surface area (Å²) in [4.78, 5) is 23.1. The molecule has 1 aromatic carbocycles. The molecule has 1 aliphatic carbocycles. The van der Waals surface area contributed by atoms with Crippen LogP contribution in [0.4, 0.5) is 0 Å². The van der Waals surface area contributed by atoms with Crippen molar-refractivity contribution in [2.75, 3.05) is 0 Å². The van der Waals surface area contributed by atoms with Gasteiger partial charge < -0.3 is 0 Å². The van der Waals surface area contributed by atoms with Gasteiger partial charge in [0.25, 0.3) is 0 Å². The second-order valence-corrected chi connectivity index (χ2v) is 5.27. The summed E-state index contributed by atoms with van der Waals surface area (Å²) in [7, 11) is 0. The van der Waals surface area contributed by atoms with Crippen LogP contribution in [0.25, 0.3) is 0 Å².